The van der Waals surface area contributed by atoms with Crippen LogP contribution in [-0.2, 0) is 16.0 Å². The molecule has 0 bridgehead atoms. The Labute approximate surface area is 150 Å². The predicted octanol–water partition coefficient (Wildman–Crippen LogP) is 3.70. The van der Waals surface area contributed by atoms with E-state index in [1.165, 1.54) is 12.5 Å². The van der Waals surface area contributed by atoms with Gasteiger partial charge in [-0.1, -0.05) is 30.3 Å². The van der Waals surface area contributed by atoms with Gasteiger partial charge in [0.2, 0.25) is 0 Å². The Balaban J connectivity index is 1.67. The number of hydrogen-bond donors (Lipinski definition) is 1. The topological polar surface area (TPSA) is 55.4 Å². The molecule has 26 heavy (non-hydrogen) atoms. The van der Waals surface area contributed by atoms with Gasteiger partial charge < -0.3 is 10.1 Å². The van der Waals surface area contributed by atoms with Gasteiger partial charge in [-0.05, 0) is 49.4 Å². The van der Waals surface area contributed by atoms with Gasteiger partial charge >= 0.3 is 5.97 Å². The summed E-state index contributed by atoms with van der Waals surface area (Å²) < 4.78 is 32.3. The lowest BCUT2D eigenvalue weighted by Crippen LogP contribution is -2.39. The second kappa shape index (κ2) is 7.64. The van der Waals surface area contributed by atoms with Crippen LogP contribution in [0.2, 0.25) is 0 Å². The molecule has 1 N–H and O–H groups in total. The highest BCUT2D eigenvalue weighted by Gasteiger charge is 2.27. The number of fused-ring (bicyclic) bond motifs is 1. The summed E-state index contributed by atoms with van der Waals surface area (Å²) in [4.78, 5) is 24.4. The molecule has 0 radical (unpaired) electrons. The van der Waals surface area contributed by atoms with E-state index in [2.05, 4.69) is 5.32 Å². The van der Waals surface area contributed by atoms with Crippen molar-refractivity contribution in [3.63, 3.8) is 0 Å². The minimum absolute atomic E-state index is 0.168. The van der Waals surface area contributed by atoms with Crippen LogP contribution >= 0.6 is 0 Å². The third-order valence-corrected chi connectivity index (χ3v) is 4.51. The number of carbonyl (C=O) groups is 2. The Bertz CT molecular complexity index is 817. The summed E-state index contributed by atoms with van der Waals surface area (Å²) in [5, 5.41) is 2.86. The predicted molar refractivity (Wildman–Crippen MR) is 91.5 cm³/mol. The van der Waals surface area contributed by atoms with Crippen molar-refractivity contribution < 1.29 is 23.1 Å². The number of halogens is 2. The number of nitrogens with one attached hydrogen (secondary N) is 1. The first-order valence-electron chi connectivity index (χ1n) is 8.50. The van der Waals surface area contributed by atoms with Gasteiger partial charge in [0.15, 0.2) is 6.10 Å². The Hall–Kier alpha value is -2.76. The molecule has 2 atom stereocenters. The highest BCUT2D eigenvalue weighted by atomic mass is 19.1. The van der Waals surface area contributed by atoms with E-state index in [4.69, 9.17) is 4.74 Å². The van der Waals surface area contributed by atoms with Crippen LogP contribution < -0.4 is 5.32 Å². The third kappa shape index (κ3) is 3.74. The van der Waals surface area contributed by atoms with Crippen molar-refractivity contribution in [3.05, 3.63) is 70.8 Å². The number of esters is 1. The van der Waals surface area contributed by atoms with Crippen LogP contribution in [0.1, 0.15) is 47.3 Å². The molecule has 0 heterocycles. The van der Waals surface area contributed by atoms with E-state index in [1.807, 2.05) is 24.3 Å². The molecule has 6 heteroatoms. The summed E-state index contributed by atoms with van der Waals surface area (Å²) in [6, 6.07) is 10.8. The smallest absolute Gasteiger partial charge is 0.344 e. The molecule has 4 nitrogen and oxygen atoms in total. The lowest BCUT2D eigenvalue weighted by atomic mass is 9.87. The van der Waals surface area contributed by atoms with Gasteiger partial charge in [0.25, 0.3) is 5.91 Å². The Morgan fingerprint density at radius 3 is 2.54 bits per heavy atom. The Morgan fingerprint density at radius 1 is 1.12 bits per heavy atom. The van der Waals surface area contributed by atoms with Crippen LogP contribution in [0.25, 0.3) is 0 Å². The minimum atomic E-state index is -1.20. The molecular formula is C20H19F2NO3. The monoisotopic (exact) mass is 359 g/mol. The van der Waals surface area contributed by atoms with E-state index < -0.39 is 35.2 Å². The van der Waals surface area contributed by atoms with Crippen LogP contribution in [0.5, 0.6) is 0 Å². The number of hydrogen-bond acceptors (Lipinski definition) is 3. The molecule has 136 valence electrons. The first-order valence-corrected chi connectivity index (χ1v) is 8.50. The van der Waals surface area contributed by atoms with Crippen molar-refractivity contribution in [2.24, 2.45) is 0 Å². The minimum Gasteiger partial charge on any atom is -0.449 e. The van der Waals surface area contributed by atoms with Crippen molar-refractivity contribution in [3.8, 4) is 0 Å². The van der Waals surface area contributed by atoms with Gasteiger partial charge in [-0.2, -0.15) is 0 Å². The summed E-state index contributed by atoms with van der Waals surface area (Å²) in [6.07, 6.45) is 1.51. The van der Waals surface area contributed by atoms with Crippen molar-refractivity contribution >= 4 is 11.9 Å². The van der Waals surface area contributed by atoms with Crippen molar-refractivity contribution in [1.29, 1.82) is 0 Å². The maximum absolute atomic E-state index is 13.6. The molecule has 0 unspecified atom stereocenters. The average molecular weight is 359 g/mol. The molecule has 0 fully saturated rings. The highest BCUT2D eigenvalue weighted by molar-refractivity contribution is 5.92. The highest BCUT2D eigenvalue weighted by Crippen LogP contribution is 2.29. The van der Waals surface area contributed by atoms with Crippen LogP contribution in [-0.4, -0.2) is 18.0 Å². The Kier molecular flexibility index (Phi) is 5.30. The lowest BCUT2D eigenvalue weighted by Gasteiger charge is -2.27. The summed E-state index contributed by atoms with van der Waals surface area (Å²) in [5.41, 5.74) is 1.43. The van der Waals surface area contributed by atoms with E-state index >= 15 is 0 Å². The number of ether oxygens (including phenoxy) is 1. The van der Waals surface area contributed by atoms with Crippen molar-refractivity contribution in [2.45, 2.75) is 38.3 Å². The van der Waals surface area contributed by atoms with Gasteiger partial charge in [-0.3, -0.25) is 4.79 Å². The fraction of sp³-hybridized carbons (Fsp3) is 0.300. The van der Waals surface area contributed by atoms with Crippen LogP contribution in [0, 0.1) is 11.6 Å². The molecule has 0 saturated heterocycles. The van der Waals surface area contributed by atoms with E-state index in [9.17, 15) is 18.4 Å². The van der Waals surface area contributed by atoms with E-state index in [0.29, 0.717) is 0 Å². The second-order valence-electron chi connectivity index (χ2n) is 6.30. The van der Waals surface area contributed by atoms with E-state index in [-0.39, 0.29) is 6.04 Å². The molecule has 1 aliphatic rings. The van der Waals surface area contributed by atoms with Gasteiger partial charge in [0.05, 0.1) is 6.04 Å². The molecule has 1 amide bonds. The molecule has 0 aliphatic heterocycles. The fourth-order valence-electron chi connectivity index (χ4n) is 3.16. The maximum Gasteiger partial charge on any atom is 0.344 e. The quantitative estimate of drug-likeness (QED) is 0.847. The van der Waals surface area contributed by atoms with Crippen molar-refractivity contribution in [2.75, 3.05) is 0 Å². The lowest BCUT2D eigenvalue weighted by molar-refractivity contribution is -0.130. The number of benzene rings is 2. The first-order chi connectivity index (χ1) is 12.5. The number of carbonyl (C=O) groups excluding carboxylic acids is 2. The summed E-state index contributed by atoms with van der Waals surface area (Å²) >= 11 is 0. The Morgan fingerprint density at radius 2 is 1.81 bits per heavy atom. The van der Waals surface area contributed by atoms with Gasteiger partial charge in [-0.25, -0.2) is 13.6 Å². The SMILES string of the molecule is C[C@H](OC(=O)c1c(F)cccc1F)C(=O)N[C@H]1CCCc2ccccc21. The molecule has 2 aromatic carbocycles. The molecule has 1 aliphatic carbocycles. The van der Waals surface area contributed by atoms with Crippen LogP contribution in [0.3, 0.4) is 0 Å². The average Bonchev–Trinajstić information content (AvgIpc) is 2.61. The number of aryl methyl sites for hydroxylation is 1. The largest absolute Gasteiger partial charge is 0.449 e. The standard InChI is InChI=1S/C20H19F2NO3/c1-12(26-20(25)18-15(21)9-5-10-16(18)22)19(24)23-17-11-4-7-13-6-2-3-8-14(13)17/h2-3,5-6,8-10,12,17H,4,7,11H2,1H3,(H,23,24)/t12-,17-/m0/s1. The molecule has 0 saturated carbocycles. The number of amides is 1. The molecule has 3 rings (SSSR count). The fourth-order valence-corrected chi connectivity index (χ4v) is 3.16. The zero-order valence-electron chi connectivity index (χ0n) is 14.3. The van der Waals surface area contributed by atoms with Crippen molar-refractivity contribution in [1.82, 2.24) is 5.32 Å². The molecular weight excluding hydrogens is 340 g/mol. The van der Waals surface area contributed by atoms with E-state index in [1.54, 1.807) is 0 Å². The number of rotatable bonds is 4. The van der Waals surface area contributed by atoms with Gasteiger partial charge in [0.1, 0.15) is 17.2 Å². The summed E-state index contributed by atoms with van der Waals surface area (Å²) in [5.74, 6) is -3.75. The summed E-state index contributed by atoms with van der Waals surface area (Å²) in [7, 11) is 0. The normalized spacial score (nSPS) is 17.1. The molecule has 2 aromatic rings. The van der Waals surface area contributed by atoms with E-state index in [0.717, 1.165) is 43.0 Å². The second-order valence-corrected chi connectivity index (χ2v) is 6.30. The van der Waals surface area contributed by atoms with Gasteiger partial charge in [-0.15, -0.1) is 0 Å². The third-order valence-electron chi connectivity index (χ3n) is 4.51. The zero-order valence-corrected chi connectivity index (χ0v) is 14.3. The molecule has 0 spiro atoms. The van der Waals surface area contributed by atoms with Crippen LogP contribution in [0.4, 0.5) is 8.78 Å². The summed E-state index contributed by atoms with van der Waals surface area (Å²) in [6.45, 7) is 1.38. The molecule has 0 aromatic heterocycles. The zero-order chi connectivity index (χ0) is 18.7. The first kappa shape index (κ1) is 18.0. The van der Waals surface area contributed by atoms with Crippen LogP contribution in [0.15, 0.2) is 42.5 Å². The maximum atomic E-state index is 13.6. The van der Waals surface area contributed by atoms with Gasteiger partial charge in [0, 0.05) is 0 Å².